The molecule has 0 amide bonds. The number of aryl methyl sites for hydroxylation is 2. The zero-order valence-corrected chi connectivity index (χ0v) is 12.1. The van der Waals surface area contributed by atoms with Crippen molar-refractivity contribution >= 4 is 16.3 Å². The first-order chi connectivity index (χ1) is 7.74. The fraction of sp³-hybridized carbons (Fsp3) is 0.154. The number of H-pyrrole nitrogens is 1. The third-order valence-electron chi connectivity index (χ3n) is 2.80. The summed E-state index contributed by atoms with van der Waals surface area (Å²) in [6.45, 7) is 4.23. The molecule has 0 aliphatic heterocycles. The molecule has 1 N–H and O–H groups in total. The number of hydrogen-bond acceptors (Lipinski definition) is 1. The minimum Gasteiger partial charge on any atom is -1.00 e. The highest BCUT2D eigenvalue weighted by Crippen LogP contribution is 2.19. The minimum atomic E-state index is 0. The topological polar surface area (TPSA) is 19.9 Å². The van der Waals surface area contributed by atoms with Gasteiger partial charge >= 0.3 is 4.96 Å². The molecule has 0 saturated heterocycles. The molecule has 2 nitrogen and oxygen atoms in total. The van der Waals surface area contributed by atoms with Gasteiger partial charge in [-0.25, -0.2) is 4.98 Å². The molecule has 0 spiro atoms. The second kappa shape index (κ2) is 4.63. The van der Waals surface area contributed by atoms with Gasteiger partial charge in [-0.05, 0) is 13.8 Å². The van der Waals surface area contributed by atoms with Crippen LogP contribution in [0.3, 0.4) is 0 Å². The summed E-state index contributed by atoms with van der Waals surface area (Å²) >= 11 is 1.74. The fourth-order valence-corrected chi connectivity index (χ4v) is 2.70. The van der Waals surface area contributed by atoms with Crippen LogP contribution in [0.15, 0.2) is 35.8 Å². The average molecular weight is 309 g/mol. The molecular formula is C13H13BrN2S. The van der Waals surface area contributed by atoms with Crippen molar-refractivity contribution in [3.63, 3.8) is 0 Å². The first-order valence-electron chi connectivity index (χ1n) is 5.29. The predicted octanol–water partition coefficient (Wildman–Crippen LogP) is 0.103. The Kier molecular flexibility index (Phi) is 3.35. The molecule has 0 aliphatic carbocycles. The molecular weight excluding hydrogens is 296 g/mol. The maximum Gasteiger partial charge on any atom is 0.344 e. The van der Waals surface area contributed by atoms with Crippen molar-refractivity contribution in [2.24, 2.45) is 0 Å². The molecule has 0 bridgehead atoms. The van der Waals surface area contributed by atoms with Gasteiger partial charge in [0.05, 0.1) is 0 Å². The highest BCUT2D eigenvalue weighted by Gasteiger charge is 2.13. The standard InChI is InChI=1S/C13H12N2S.BrH/c1-9-3-5-11(6-4-9)12-7-15-10(2)8-16-13(15)14-12;/h3-8H,1-2H3;1H. The molecule has 0 radical (unpaired) electrons. The Hall–Kier alpha value is -1.13. The smallest absolute Gasteiger partial charge is 0.344 e. The number of hydrogen-bond donors (Lipinski definition) is 1. The van der Waals surface area contributed by atoms with Crippen molar-refractivity contribution in [1.29, 1.82) is 0 Å². The minimum absolute atomic E-state index is 0. The van der Waals surface area contributed by atoms with Gasteiger partial charge in [-0.15, -0.1) is 0 Å². The zero-order valence-electron chi connectivity index (χ0n) is 9.70. The van der Waals surface area contributed by atoms with E-state index in [9.17, 15) is 0 Å². The molecule has 0 aliphatic rings. The van der Waals surface area contributed by atoms with E-state index in [0.717, 1.165) is 0 Å². The van der Waals surface area contributed by atoms with E-state index >= 15 is 0 Å². The average Bonchev–Trinajstić information content (AvgIpc) is 2.83. The third-order valence-corrected chi connectivity index (χ3v) is 3.78. The lowest BCUT2D eigenvalue weighted by Crippen LogP contribution is -3.00. The molecule has 3 rings (SSSR count). The molecule has 3 aromatic rings. The molecule has 0 fully saturated rings. The normalized spacial score (nSPS) is 10.5. The van der Waals surface area contributed by atoms with Crippen molar-refractivity contribution < 1.29 is 21.4 Å². The van der Waals surface area contributed by atoms with Gasteiger partial charge in [-0.3, -0.25) is 0 Å². The third kappa shape index (κ3) is 2.15. The Labute approximate surface area is 115 Å². The summed E-state index contributed by atoms with van der Waals surface area (Å²) in [7, 11) is 0. The molecule has 2 heterocycles. The number of aromatic amines is 1. The van der Waals surface area contributed by atoms with Gasteiger partial charge in [-0.2, -0.15) is 4.40 Å². The van der Waals surface area contributed by atoms with E-state index in [4.69, 9.17) is 0 Å². The zero-order chi connectivity index (χ0) is 11.1. The number of nitrogens with one attached hydrogen (secondary N) is 1. The van der Waals surface area contributed by atoms with Gasteiger partial charge < -0.3 is 17.0 Å². The molecule has 2 aromatic heterocycles. The van der Waals surface area contributed by atoms with Gasteiger partial charge in [0.25, 0.3) is 0 Å². The number of fused-ring (bicyclic) bond motifs is 1. The SMILES string of the molecule is Cc1ccc(-c2c[n+]3c(C)csc3[nH]2)cc1.[Br-]. The number of nitrogens with zero attached hydrogens (tertiary/aromatic N) is 1. The lowest BCUT2D eigenvalue weighted by Gasteiger charge is -1.94. The van der Waals surface area contributed by atoms with Crippen LogP contribution in [0.1, 0.15) is 11.3 Å². The quantitative estimate of drug-likeness (QED) is 0.616. The van der Waals surface area contributed by atoms with Crippen molar-refractivity contribution in [2.75, 3.05) is 0 Å². The molecule has 17 heavy (non-hydrogen) atoms. The fourth-order valence-electron chi connectivity index (χ4n) is 1.82. The van der Waals surface area contributed by atoms with E-state index in [1.54, 1.807) is 11.3 Å². The van der Waals surface area contributed by atoms with Gasteiger partial charge in [0.1, 0.15) is 11.9 Å². The summed E-state index contributed by atoms with van der Waals surface area (Å²) in [5.74, 6) is 0. The molecule has 1 aromatic carbocycles. The van der Waals surface area contributed by atoms with Crippen LogP contribution in [0.4, 0.5) is 0 Å². The summed E-state index contributed by atoms with van der Waals surface area (Å²) in [5.41, 5.74) is 4.98. The van der Waals surface area contributed by atoms with Crippen LogP contribution in [0.25, 0.3) is 16.2 Å². The van der Waals surface area contributed by atoms with E-state index < -0.39 is 0 Å². The Morgan fingerprint density at radius 3 is 2.47 bits per heavy atom. The Bertz CT molecular complexity index is 637. The van der Waals surface area contributed by atoms with Crippen LogP contribution in [0.5, 0.6) is 0 Å². The van der Waals surface area contributed by atoms with Crippen LogP contribution in [0, 0.1) is 13.8 Å². The summed E-state index contributed by atoms with van der Waals surface area (Å²) in [6.07, 6.45) is 2.16. The number of thiazole rings is 1. The second-order valence-corrected chi connectivity index (χ2v) is 4.94. The van der Waals surface area contributed by atoms with E-state index in [-0.39, 0.29) is 17.0 Å². The van der Waals surface area contributed by atoms with E-state index in [1.165, 1.54) is 27.5 Å². The van der Waals surface area contributed by atoms with Crippen LogP contribution < -0.4 is 21.4 Å². The van der Waals surface area contributed by atoms with Crippen LogP contribution >= 0.6 is 11.3 Å². The second-order valence-electron chi connectivity index (χ2n) is 4.09. The number of halogens is 1. The van der Waals surface area contributed by atoms with E-state index in [0.29, 0.717) is 0 Å². The number of imidazole rings is 1. The van der Waals surface area contributed by atoms with Crippen molar-refractivity contribution in [2.45, 2.75) is 13.8 Å². The molecule has 4 heteroatoms. The van der Waals surface area contributed by atoms with Gasteiger partial charge in [0.2, 0.25) is 0 Å². The van der Waals surface area contributed by atoms with Crippen LogP contribution in [0.2, 0.25) is 0 Å². The summed E-state index contributed by atoms with van der Waals surface area (Å²) in [6, 6.07) is 8.59. The summed E-state index contributed by atoms with van der Waals surface area (Å²) < 4.78 is 2.19. The highest BCUT2D eigenvalue weighted by atomic mass is 79.9. The maximum absolute atomic E-state index is 3.43. The number of rotatable bonds is 1. The Morgan fingerprint density at radius 1 is 1.12 bits per heavy atom. The summed E-state index contributed by atoms with van der Waals surface area (Å²) in [5, 5.41) is 2.16. The molecule has 88 valence electrons. The van der Waals surface area contributed by atoms with Crippen molar-refractivity contribution in [3.05, 3.63) is 47.1 Å². The monoisotopic (exact) mass is 308 g/mol. The number of benzene rings is 1. The lowest BCUT2D eigenvalue weighted by atomic mass is 10.1. The lowest BCUT2D eigenvalue weighted by molar-refractivity contribution is -0.512. The van der Waals surface area contributed by atoms with Crippen LogP contribution in [-0.2, 0) is 0 Å². The van der Waals surface area contributed by atoms with E-state index in [2.05, 4.69) is 59.1 Å². The van der Waals surface area contributed by atoms with Crippen molar-refractivity contribution in [3.8, 4) is 11.3 Å². The highest BCUT2D eigenvalue weighted by molar-refractivity contribution is 7.14. The van der Waals surface area contributed by atoms with Gasteiger partial charge in [0, 0.05) is 10.9 Å². The first kappa shape index (κ1) is 12.3. The first-order valence-corrected chi connectivity index (χ1v) is 6.17. The van der Waals surface area contributed by atoms with Crippen molar-refractivity contribution in [1.82, 2.24) is 4.98 Å². The molecule has 0 saturated carbocycles. The van der Waals surface area contributed by atoms with Gasteiger partial charge in [0.15, 0.2) is 5.69 Å². The number of aromatic nitrogens is 2. The van der Waals surface area contributed by atoms with Crippen LogP contribution in [-0.4, -0.2) is 4.98 Å². The predicted molar refractivity (Wildman–Crippen MR) is 66.7 cm³/mol. The Balaban J connectivity index is 0.00000108. The maximum atomic E-state index is 3.43. The Morgan fingerprint density at radius 2 is 1.82 bits per heavy atom. The summed E-state index contributed by atoms with van der Waals surface area (Å²) in [4.78, 5) is 4.62. The molecule has 0 atom stereocenters. The molecule has 0 unspecified atom stereocenters. The van der Waals surface area contributed by atoms with E-state index in [1.807, 2.05) is 0 Å². The largest absolute Gasteiger partial charge is 1.00 e. The van der Waals surface area contributed by atoms with Gasteiger partial charge in [-0.1, -0.05) is 41.2 Å².